The zero-order valence-corrected chi connectivity index (χ0v) is 6.76. The van der Waals surface area contributed by atoms with Crippen LogP contribution in [0.25, 0.3) is 5.57 Å². The molecule has 0 atom stereocenters. The van der Waals surface area contributed by atoms with Crippen LogP contribution in [-0.2, 0) is 0 Å². The molecule has 0 aliphatic carbocycles. The minimum absolute atomic E-state index is 0. The van der Waals surface area contributed by atoms with Gasteiger partial charge in [-0.15, -0.1) is 0 Å². The largest absolute Gasteiger partial charge is 0.261 e. The van der Waals surface area contributed by atoms with Gasteiger partial charge in [0.25, 0.3) is 0 Å². The van der Waals surface area contributed by atoms with Gasteiger partial charge in [0.2, 0.25) is 0 Å². The van der Waals surface area contributed by atoms with Gasteiger partial charge in [-0.3, -0.25) is 5.10 Å². The molecule has 0 radical (unpaired) electrons. The molecule has 1 aromatic heterocycles. The molecule has 0 amide bonds. The normalized spacial score (nSPS) is 11.6. The highest BCUT2D eigenvalue weighted by Crippen LogP contribution is 2.22. The quantitative estimate of drug-likeness (QED) is 0.648. The van der Waals surface area contributed by atoms with Crippen molar-refractivity contribution in [3.05, 3.63) is 17.8 Å². The molecule has 0 aliphatic heterocycles. The Morgan fingerprint density at radius 3 is 3.18 bits per heavy atom. The highest BCUT2D eigenvalue weighted by atomic mass is 15.2. The molecular formula is C8H13N3. The smallest absolute Gasteiger partial charge is 0.154 e. The lowest BCUT2D eigenvalue weighted by atomic mass is 10.1. The number of H-pyrrole nitrogens is 1. The molecule has 1 rings (SSSR count). The molecule has 0 saturated carbocycles. The van der Waals surface area contributed by atoms with E-state index < -0.39 is 0 Å². The summed E-state index contributed by atoms with van der Waals surface area (Å²) in [5.41, 5.74) is 2.17. The van der Waals surface area contributed by atoms with Crippen LogP contribution in [0.15, 0.2) is 17.3 Å². The molecule has 1 N–H and O–H groups in total. The summed E-state index contributed by atoms with van der Waals surface area (Å²) in [6.45, 7) is 7.43. The zero-order valence-electron chi connectivity index (χ0n) is 6.76. The van der Waals surface area contributed by atoms with Crippen LogP contribution >= 0.6 is 0 Å². The van der Waals surface area contributed by atoms with Crippen molar-refractivity contribution in [3.63, 3.8) is 0 Å². The van der Waals surface area contributed by atoms with Crippen molar-refractivity contribution in [2.24, 2.45) is 4.99 Å². The summed E-state index contributed by atoms with van der Waals surface area (Å²) in [4.78, 5) is 3.79. The number of aromatic nitrogens is 2. The number of rotatable bonds is 2. The van der Waals surface area contributed by atoms with Crippen molar-refractivity contribution >= 4 is 18.1 Å². The highest BCUT2D eigenvalue weighted by Gasteiger charge is 2.02. The minimum atomic E-state index is 0. The number of aliphatic imine (C=N–C) groups is 1. The average Bonchev–Trinajstić information content (AvgIpc) is 2.50. The highest BCUT2D eigenvalue weighted by molar-refractivity contribution is 5.71. The molecule has 0 aromatic carbocycles. The van der Waals surface area contributed by atoms with E-state index in [4.69, 9.17) is 0 Å². The van der Waals surface area contributed by atoms with Crippen molar-refractivity contribution < 1.29 is 1.43 Å². The Bertz CT molecular complexity index is 288. The Balaban J connectivity index is 0.00000121. The summed E-state index contributed by atoms with van der Waals surface area (Å²) in [6.07, 6.45) is 3.76. The van der Waals surface area contributed by atoms with Crippen molar-refractivity contribution in [2.75, 3.05) is 0 Å². The number of aromatic amines is 1. The fourth-order valence-corrected chi connectivity index (χ4v) is 0.844. The molecule has 1 aromatic rings. The summed E-state index contributed by atoms with van der Waals surface area (Å²) in [5.74, 6) is 0.737. The summed E-state index contributed by atoms with van der Waals surface area (Å²) < 4.78 is 0. The van der Waals surface area contributed by atoms with Crippen LogP contribution in [0.2, 0.25) is 0 Å². The summed E-state index contributed by atoms with van der Waals surface area (Å²) in [6, 6.07) is 0. The van der Waals surface area contributed by atoms with E-state index >= 15 is 0 Å². The van der Waals surface area contributed by atoms with E-state index in [2.05, 4.69) is 21.9 Å². The van der Waals surface area contributed by atoms with Gasteiger partial charge >= 0.3 is 0 Å². The summed E-state index contributed by atoms with van der Waals surface area (Å²) in [7, 11) is 0. The van der Waals surface area contributed by atoms with Gasteiger partial charge in [0.1, 0.15) is 0 Å². The molecule has 0 unspecified atom stereocenters. The zero-order chi connectivity index (χ0) is 8.27. The molecule has 0 fully saturated rings. The van der Waals surface area contributed by atoms with Crippen LogP contribution in [0.5, 0.6) is 0 Å². The molecule has 0 spiro atoms. The maximum Gasteiger partial charge on any atom is 0.154 e. The molecule has 0 saturated heterocycles. The summed E-state index contributed by atoms with van der Waals surface area (Å²) >= 11 is 0. The predicted octanol–water partition coefficient (Wildman–Crippen LogP) is 2.41. The molecular weight excluding hydrogens is 138 g/mol. The van der Waals surface area contributed by atoms with Crippen molar-refractivity contribution in [2.45, 2.75) is 13.8 Å². The third-order valence-electron chi connectivity index (χ3n) is 1.64. The van der Waals surface area contributed by atoms with Gasteiger partial charge in [-0.05, 0) is 26.1 Å². The van der Waals surface area contributed by atoms with Gasteiger partial charge in [-0.1, -0.05) is 6.08 Å². The molecule has 3 heteroatoms. The van der Waals surface area contributed by atoms with Gasteiger partial charge in [-0.25, -0.2) is 4.99 Å². The number of hydrogen-bond acceptors (Lipinski definition) is 2. The molecule has 3 nitrogen and oxygen atoms in total. The summed E-state index contributed by atoms with van der Waals surface area (Å²) in [5, 5.41) is 6.61. The number of allylic oxidation sites excluding steroid dienone is 2. The van der Waals surface area contributed by atoms with Crippen LogP contribution in [-0.4, -0.2) is 16.9 Å². The van der Waals surface area contributed by atoms with Gasteiger partial charge in [0.15, 0.2) is 5.82 Å². The second-order valence-electron chi connectivity index (χ2n) is 2.26. The minimum Gasteiger partial charge on any atom is -0.261 e. The Kier molecular flexibility index (Phi) is 2.21. The number of hydrogen-bond donors (Lipinski definition) is 1. The Labute approximate surface area is 67.3 Å². The number of nitrogens with one attached hydrogen (secondary N) is 1. The van der Waals surface area contributed by atoms with Crippen molar-refractivity contribution in [1.29, 1.82) is 0 Å². The molecule has 60 valence electrons. The molecule has 1 heterocycles. The fraction of sp³-hybridized carbons (Fsp3) is 0.250. The van der Waals surface area contributed by atoms with E-state index in [0.717, 1.165) is 17.0 Å². The van der Waals surface area contributed by atoms with E-state index in [-0.39, 0.29) is 1.43 Å². The Hall–Kier alpha value is -1.38. The van der Waals surface area contributed by atoms with Gasteiger partial charge in [0.05, 0.1) is 6.20 Å². The molecule has 0 aliphatic rings. The van der Waals surface area contributed by atoms with Crippen molar-refractivity contribution in [3.8, 4) is 0 Å². The third kappa shape index (κ3) is 1.37. The van der Waals surface area contributed by atoms with Crippen LogP contribution in [0.1, 0.15) is 20.8 Å². The maximum atomic E-state index is 3.86. The lowest BCUT2D eigenvalue weighted by Crippen LogP contribution is -1.73. The molecule has 0 bridgehead atoms. The van der Waals surface area contributed by atoms with Crippen LogP contribution in [0, 0.1) is 0 Å². The Morgan fingerprint density at radius 2 is 2.64 bits per heavy atom. The third-order valence-corrected chi connectivity index (χ3v) is 1.64. The van der Waals surface area contributed by atoms with Crippen LogP contribution in [0.4, 0.5) is 5.82 Å². The predicted molar refractivity (Wildman–Crippen MR) is 49.2 cm³/mol. The topological polar surface area (TPSA) is 41.0 Å². The van der Waals surface area contributed by atoms with E-state index in [9.17, 15) is 0 Å². The van der Waals surface area contributed by atoms with E-state index in [1.165, 1.54) is 0 Å². The Morgan fingerprint density at radius 1 is 1.91 bits per heavy atom. The van der Waals surface area contributed by atoms with E-state index in [1.807, 2.05) is 19.9 Å². The lowest BCUT2D eigenvalue weighted by molar-refractivity contribution is 1.08. The van der Waals surface area contributed by atoms with Gasteiger partial charge in [0, 0.05) is 6.99 Å². The van der Waals surface area contributed by atoms with Crippen LogP contribution in [0.3, 0.4) is 0 Å². The van der Waals surface area contributed by atoms with Crippen LogP contribution < -0.4 is 0 Å². The van der Waals surface area contributed by atoms with Crippen molar-refractivity contribution in [1.82, 2.24) is 10.2 Å². The monoisotopic (exact) mass is 151 g/mol. The van der Waals surface area contributed by atoms with Gasteiger partial charge < -0.3 is 0 Å². The first-order valence-corrected chi connectivity index (χ1v) is 3.43. The number of nitrogens with zero attached hydrogens (tertiary/aromatic N) is 2. The fourth-order valence-electron chi connectivity index (χ4n) is 0.844. The second kappa shape index (κ2) is 3.14. The first-order chi connectivity index (χ1) is 5.29. The first kappa shape index (κ1) is 7.72. The average molecular weight is 151 g/mol. The first-order valence-electron chi connectivity index (χ1n) is 3.43. The molecule has 11 heavy (non-hydrogen) atoms. The SMILES string of the molecule is C=Nc1[nH]ncc1/C(C)=C\C.[HH]. The maximum absolute atomic E-state index is 3.86. The standard InChI is InChI=1S/C8H11N3.H2/c1-4-6(2)7-5-10-11-8(7)9-3;/h4-5H,3H2,1-2H3,(H,10,11);1H/b6-4-;. The second-order valence-corrected chi connectivity index (χ2v) is 2.26. The van der Waals surface area contributed by atoms with Gasteiger partial charge in [-0.2, -0.15) is 5.10 Å². The van der Waals surface area contributed by atoms with E-state index in [0.29, 0.717) is 0 Å². The lowest BCUT2D eigenvalue weighted by Gasteiger charge is -1.94. The van der Waals surface area contributed by atoms with E-state index in [1.54, 1.807) is 6.20 Å².